The molecule has 1 aliphatic heterocycles. The highest BCUT2D eigenvalue weighted by Crippen LogP contribution is 2.33. The summed E-state index contributed by atoms with van der Waals surface area (Å²) < 4.78 is 0. The molecule has 0 spiro atoms. The van der Waals surface area contributed by atoms with Crippen molar-refractivity contribution >= 4 is 16.5 Å². The lowest BCUT2D eigenvalue weighted by molar-refractivity contribution is 0.284. The van der Waals surface area contributed by atoms with Gasteiger partial charge in [-0.3, -0.25) is 0 Å². The molecule has 1 N–H and O–H groups in total. The van der Waals surface area contributed by atoms with Gasteiger partial charge in [-0.2, -0.15) is 0 Å². The summed E-state index contributed by atoms with van der Waals surface area (Å²) in [6, 6.07) is 0.579. The molecule has 0 aliphatic carbocycles. The summed E-state index contributed by atoms with van der Waals surface area (Å²) >= 11 is 1.65. The first kappa shape index (κ1) is 12.8. The van der Waals surface area contributed by atoms with Crippen LogP contribution in [0.2, 0.25) is 0 Å². The van der Waals surface area contributed by atoms with Crippen LogP contribution in [-0.4, -0.2) is 22.7 Å². The summed E-state index contributed by atoms with van der Waals surface area (Å²) in [5.41, 5.74) is 0.985. The van der Waals surface area contributed by atoms with Crippen molar-refractivity contribution in [3.05, 3.63) is 10.6 Å². The Kier molecular flexibility index (Phi) is 4.05. The van der Waals surface area contributed by atoms with Gasteiger partial charge in [0.05, 0.1) is 17.2 Å². The topological polar surface area (TPSA) is 36.4 Å². The van der Waals surface area contributed by atoms with E-state index in [1.165, 1.54) is 19.3 Å². The minimum atomic E-state index is 0.114. The second-order valence-corrected chi connectivity index (χ2v) is 6.08. The zero-order valence-corrected chi connectivity index (χ0v) is 11.8. The van der Waals surface area contributed by atoms with Crippen LogP contribution in [0.1, 0.15) is 43.7 Å². The van der Waals surface area contributed by atoms with Gasteiger partial charge < -0.3 is 10.0 Å². The summed E-state index contributed by atoms with van der Waals surface area (Å²) in [4.78, 5) is 8.04. The molecule has 2 unspecified atom stereocenters. The first-order valence-corrected chi connectivity index (χ1v) is 7.31. The van der Waals surface area contributed by atoms with E-state index >= 15 is 0 Å². The minimum absolute atomic E-state index is 0.114. The van der Waals surface area contributed by atoms with E-state index in [4.69, 9.17) is 0 Å². The zero-order valence-electron chi connectivity index (χ0n) is 10.9. The van der Waals surface area contributed by atoms with Gasteiger partial charge in [0.1, 0.15) is 0 Å². The van der Waals surface area contributed by atoms with Crippen LogP contribution < -0.4 is 4.90 Å². The largest absolute Gasteiger partial charge is 0.391 e. The number of aromatic nitrogens is 1. The second-order valence-electron chi connectivity index (χ2n) is 5.02. The highest BCUT2D eigenvalue weighted by atomic mass is 32.1. The molecule has 4 heteroatoms. The lowest BCUT2D eigenvalue weighted by Gasteiger charge is -2.37. The Labute approximate surface area is 107 Å². The first-order valence-electron chi connectivity index (χ1n) is 6.49. The average Bonchev–Trinajstić information content (AvgIpc) is 2.71. The molecule has 1 aliphatic rings. The van der Waals surface area contributed by atoms with E-state index < -0.39 is 0 Å². The molecule has 0 saturated carbocycles. The standard InChI is InChI=1S/C13H22N2OS/c1-4-11-6-5-9(2)15(7-11)13-14-10(3)12(8-16)17-13/h9,11,16H,4-8H2,1-3H3. The number of aryl methyl sites for hydroxylation is 1. The Bertz CT molecular complexity index is 377. The second kappa shape index (κ2) is 5.36. The Morgan fingerprint density at radius 2 is 2.24 bits per heavy atom. The predicted molar refractivity (Wildman–Crippen MR) is 72.6 cm³/mol. The van der Waals surface area contributed by atoms with Crippen molar-refractivity contribution in [2.75, 3.05) is 11.4 Å². The average molecular weight is 254 g/mol. The van der Waals surface area contributed by atoms with Crippen LogP contribution in [0.3, 0.4) is 0 Å². The molecule has 1 aromatic heterocycles. The summed E-state index contributed by atoms with van der Waals surface area (Å²) in [5, 5.41) is 10.3. The van der Waals surface area contributed by atoms with E-state index in [9.17, 15) is 5.11 Å². The van der Waals surface area contributed by atoms with Gasteiger partial charge in [0.25, 0.3) is 0 Å². The molecule has 2 rings (SSSR count). The van der Waals surface area contributed by atoms with E-state index in [-0.39, 0.29) is 6.61 Å². The van der Waals surface area contributed by atoms with Gasteiger partial charge in [-0.05, 0) is 32.6 Å². The summed E-state index contributed by atoms with van der Waals surface area (Å²) in [6.07, 6.45) is 3.84. The predicted octanol–water partition coefficient (Wildman–Crippen LogP) is 2.96. The Hall–Kier alpha value is -0.610. The number of anilines is 1. The third-order valence-corrected chi connectivity index (χ3v) is 5.01. The zero-order chi connectivity index (χ0) is 12.4. The van der Waals surface area contributed by atoms with Crippen LogP contribution >= 0.6 is 11.3 Å². The third kappa shape index (κ3) is 2.63. The molecule has 0 bridgehead atoms. The number of aliphatic hydroxyl groups is 1. The molecule has 2 heterocycles. The molecule has 2 atom stereocenters. The van der Waals surface area contributed by atoms with Gasteiger partial charge in [-0.25, -0.2) is 4.98 Å². The van der Waals surface area contributed by atoms with E-state index in [0.29, 0.717) is 6.04 Å². The van der Waals surface area contributed by atoms with Gasteiger partial charge in [0, 0.05) is 12.6 Å². The van der Waals surface area contributed by atoms with Gasteiger partial charge >= 0.3 is 0 Å². The Morgan fingerprint density at radius 3 is 2.82 bits per heavy atom. The van der Waals surface area contributed by atoms with Gasteiger partial charge in [-0.15, -0.1) is 0 Å². The van der Waals surface area contributed by atoms with Crippen molar-refractivity contribution in [1.29, 1.82) is 0 Å². The molecule has 17 heavy (non-hydrogen) atoms. The van der Waals surface area contributed by atoms with Gasteiger partial charge in [0.15, 0.2) is 5.13 Å². The molecule has 0 radical (unpaired) electrons. The fourth-order valence-electron chi connectivity index (χ4n) is 2.46. The van der Waals surface area contributed by atoms with E-state index in [1.807, 2.05) is 6.92 Å². The normalized spacial score (nSPS) is 25.3. The smallest absolute Gasteiger partial charge is 0.186 e. The van der Waals surface area contributed by atoms with Gasteiger partial charge in [-0.1, -0.05) is 24.7 Å². The fourth-order valence-corrected chi connectivity index (χ4v) is 3.50. The van der Waals surface area contributed by atoms with Crippen LogP contribution in [0, 0.1) is 12.8 Å². The SMILES string of the molecule is CCC1CCC(C)N(c2nc(C)c(CO)s2)C1. The number of hydrogen-bond donors (Lipinski definition) is 1. The van der Waals surface area contributed by atoms with Crippen molar-refractivity contribution in [2.24, 2.45) is 5.92 Å². The van der Waals surface area contributed by atoms with E-state index in [0.717, 1.165) is 28.2 Å². The summed E-state index contributed by atoms with van der Waals surface area (Å²) in [7, 11) is 0. The van der Waals surface area contributed by atoms with Crippen LogP contribution in [0.25, 0.3) is 0 Å². The van der Waals surface area contributed by atoms with Crippen molar-refractivity contribution in [3.63, 3.8) is 0 Å². The molecule has 96 valence electrons. The lowest BCUT2D eigenvalue weighted by atomic mass is 9.92. The maximum atomic E-state index is 9.25. The number of thiazole rings is 1. The van der Waals surface area contributed by atoms with E-state index in [2.05, 4.69) is 23.7 Å². The van der Waals surface area contributed by atoms with Crippen LogP contribution in [0.4, 0.5) is 5.13 Å². The third-order valence-electron chi connectivity index (χ3n) is 3.83. The first-order chi connectivity index (χ1) is 8.15. The quantitative estimate of drug-likeness (QED) is 0.901. The molecule has 0 amide bonds. The van der Waals surface area contributed by atoms with Crippen LogP contribution in [0.15, 0.2) is 0 Å². The molecule has 3 nitrogen and oxygen atoms in total. The Morgan fingerprint density at radius 1 is 1.47 bits per heavy atom. The molecule has 1 fully saturated rings. The van der Waals surface area contributed by atoms with Crippen LogP contribution in [0.5, 0.6) is 0 Å². The molecule has 1 aromatic rings. The van der Waals surface area contributed by atoms with Crippen molar-refractivity contribution in [2.45, 2.75) is 52.7 Å². The highest BCUT2D eigenvalue weighted by Gasteiger charge is 2.26. The monoisotopic (exact) mass is 254 g/mol. The molecular weight excluding hydrogens is 232 g/mol. The van der Waals surface area contributed by atoms with Crippen molar-refractivity contribution in [1.82, 2.24) is 4.98 Å². The van der Waals surface area contributed by atoms with Crippen molar-refractivity contribution in [3.8, 4) is 0 Å². The number of hydrogen-bond acceptors (Lipinski definition) is 4. The van der Waals surface area contributed by atoms with Crippen molar-refractivity contribution < 1.29 is 5.11 Å². The number of aliphatic hydroxyl groups excluding tert-OH is 1. The maximum absolute atomic E-state index is 9.25. The number of nitrogens with zero attached hydrogens (tertiary/aromatic N) is 2. The lowest BCUT2D eigenvalue weighted by Crippen LogP contribution is -2.41. The molecule has 0 aromatic carbocycles. The summed E-state index contributed by atoms with van der Waals surface area (Å²) in [5.74, 6) is 0.799. The highest BCUT2D eigenvalue weighted by molar-refractivity contribution is 7.15. The van der Waals surface area contributed by atoms with Crippen LogP contribution in [-0.2, 0) is 6.61 Å². The number of piperidine rings is 1. The fraction of sp³-hybridized carbons (Fsp3) is 0.769. The van der Waals surface area contributed by atoms with E-state index in [1.54, 1.807) is 11.3 Å². The van der Waals surface area contributed by atoms with Gasteiger partial charge in [0.2, 0.25) is 0 Å². The molecule has 1 saturated heterocycles. The minimum Gasteiger partial charge on any atom is -0.391 e. The molecular formula is C13H22N2OS. The summed E-state index contributed by atoms with van der Waals surface area (Å²) in [6.45, 7) is 7.77. The number of rotatable bonds is 3. The Balaban J connectivity index is 2.18. The maximum Gasteiger partial charge on any atom is 0.186 e.